The maximum atomic E-state index is 13.0. The van der Waals surface area contributed by atoms with E-state index in [2.05, 4.69) is 4.99 Å². The minimum Gasteiger partial charge on any atom is -0.490 e. The molecule has 2 aliphatic rings. The molecule has 0 radical (unpaired) electrons. The largest absolute Gasteiger partial charge is 0.490 e. The van der Waals surface area contributed by atoms with E-state index in [-0.39, 0.29) is 18.0 Å². The van der Waals surface area contributed by atoms with Crippen LogP contribution in [-0.2, 0) is 6.42 Å². The predicted molar refractivity (Wildman–Crippen MR) is 92.5 cm³/mol. The van der Waals surface area contributed by atoms with Gasteiger partial charge in [0.15, 0.2) is 17.3 Å². The van der Waals surface area contributed by atoms with E-state index in [0.717, 1.165) is 35.4 Å². The molecule has 4 nitrogen and oxygen atoms in total. The van der Waals surface area contributed by atoms with Crippen molar-refractivity contribution in [3.63, 3.8) is 0 Å². The first-order valence-corrected chi connectivity index (χ1v) is 8.46. The third-order valence-corrected chi connectivity index (χ3v) is 4.46. The van der Waals surface area contributed by atoms with E-state index in [0.29, 0.717) is 31.1 Å². The molecule has 0 unspecified atom stereocenters. The van der Waals surface area contributed by atoms with E-state index in [1.165, 1.54) is 24.3 Å². The van der Waals surface area contributed by atoms with Crippen LogP contribution >= 0.6 is 0 Å². The van der Waals surface area contributed by atoms with E-state index in [1.54, 1.807) is 0 Å². The van der Waals surface area contributed by atoms with Gasteiger partial charge in [0.25, 0.3) is 0 Å². The molecule has 25 heavy (non-hydrogen) atoms. The fourth-order valence-electron chi connectivity index (χ4n) is 3.16. The Morgan fingerprint density at radius 1 is 1.08 bits per heavy atom. The number of hydrogen-bond donors (Lipinski definition) is 0. The fourth-order valence-corrected chi connectivity index (χ4v) is 3.16. The van der Waals surface area contributed by atoms with E-state index in [4.69, 9.17) is 9.47 Å². The number of carbonyl (C=O) groups is 1. The first-order valence-electron chi connectivity index (χ1n) is 8.46. The molecule has 0 atom stereocenters. The Balaban J connectivity index is 1.62. The number of ether oxygens (including phenoxy) is 2. The van der Waals surface area contributed by atoms with Crippen LogP contribution in [0.5, 0.6) is 11.5 Å². The Labute approximate surface area is 145 Å². The van der Waals surface area contributed by atoms with Crippen LogP contribution in [-0.4, -0.2) is 31.3 Å². The summed E-state index contributed by atoms with van der Waals surface area (Å²) in [4.78, 5) is 17.1. The number of rotatable bonds is 3. The van der Waals surface area contributed by atoms with Gasteiger partial charge in [0.2, 0.25) is 0 Å². The summed E-state index contributed by atoms with van der Waals surface area (Å²) >= 11 is 0. The number of carbonyl (C=O) groups excluding carboxylic acids is 1. The maximum absolute atomic E-state index is 13.0. The maximum Gasteiger partial charge on any atom is 0.168 e. The standard InChI is InChI=1S/C20H18FNO3/c21-15-4-2-13(3-5-15)18(23)12-17-16-11-20-19(24-8-1-9-25-20)10-14(16)6-7-22-17/h2-5,10-11H,1,6-9,12H2. The summed E-state index contributed by atoms with van der Waals surface area (Å²) in [5, 5.41) is 0. The van der Waals surface area contributed by atoms with Gasteiger partial charge < -0.3 is 9.47 Å². The molecule has 0 aliphatic carbocycles. The van der Waals surface area contributed by atoms with Gasteiger partial charge in [-0.3, -0.25) is 9.79 Å². The molecule has 2 aromatic carbocycles. The zero-order valence-corrected chi connectivity index (χ0v) is 13.8. The third kappa shape index (κ3) is 3.27. The zero-order valence-electron chi connectivity index (χ0n) is 13.8. The number of hydrogen-bond acceptors (Lipinski definition) is 4. The van der Waals surface area contributed by atoms with Crippen LogP contribution in [0.3, 0.4) is 0 Å². The smallest absolute Gasteiger partial charge is 0.168 e. The molecule has 5 heteroatoms. The Kier molecular flexibility index (Phi) is 4.22. The average Bonchev–Trinajstić information content (AvgIpc) is 2.85. The molecule has 2 aliphatic heterocycles. The molecule has 0 fully saturated rings. The molecule has 128 valence electrons. The van der Waals surface area contributed by atoms with Gasteiger partial charge in [-0.05, 0) is 48.4 Å². The van der Waals surface area contributed by atoms with Crippen molar-refractivity contribution in [2.75, 3.05) is 19.8 Å². The van der Waals surface area contributed by atoms with Crippen LogP contribution in [0.2, 0.25) is 0 Å². The van der Waals surface area contributed by atoms with Crippen molar-refractivity contribution in [2.24, 2.45) is 4.99 Å². The molecule has 2 heterocycles. The fraction of sp³-hybridized carbons (Fsp3) is 0.300. The summed E-state index contributed by atoms with van der Waals surface area (Å²) in [7, 11) is 0. The van der Waals surface area contributed by atoms with Crippen molar-refractivity contribution in [1.82, 2.24) is 0 Å². The highest BCUT2D eigenvalue weighted by Gasteiger charge is 2.22. The van der Waals surface area contributed by atoms with Gasteiger partial charge >= 0.3 is 0 Å². The molecule has 0 bridgehead atoms. The van der Waals surface area contributed by atoms with Crippen LogP contribution in [0.25, 0.3) is 0 Å². The molecule has 0 aromatic heterocycles. The van der Waals surface area contributed by atoms with Crippen molar-refractivity contribution in [1.29, 1.82) is 0 Å². The quantitative estimate of drug-likeness (QED) is 0.803. The summed E-state index contributed by atoms with van der Waals surface area (Å²) in [5.74, 6) is 1.05. The van der Waals surface area contributed by atoms with E-state index >= 15 is 0 Å². The topological polar surface area (TPSA) is 47.9 Å². The van der Waals surface area contributed by atoms with Gasteiger partial charge in [-0.2, -0.15) is 0 Å². The predicted octanol–water partition coefficient (Wildman–Crippen LogP) is 3.61. The summed E-state index contributed by atoms with van der Waals surface area (Å²) < 4.78 is 24.5. The van der Waals surface area contributed by atoms with Crippen molar-refractivity contribution in [3.05, 3.63) is 58.9 Å². The molecular weight excluding hydrogens is 321 g/mol. The van der Waals surface area contributed by atoms with Crippen molar-refractivity contribution in [3.8, 4) is 11.5 Å². The lowest BCUT2D eigenvalue weighted by atomic mass is 9.93. The second-order valence-electron chi connectivity index (χ2n) is 6.19. The Hall–Kier alpha value is -2.69. The lowest BCUT2D eigenvalue weighted by molar-refractivity contribution is 0.100. The molecule has 0 saturated carbocycles. The van der Waals surface area contributed by atoms with E-state index in [1.807, 2.05) is 12.1 Å². The summed E-state index contributed by atoms with van der Waals surface area (Å²) in [6.45, 7) is 1.92. The van der Waals surface area contributed by atoms with Gasteiger partial charge in [0.1, 0.15) is 5.82 Å². The van der Waals surface area contributed by atoms with Gasteiger partial charge in [0, 0.05) is 24.1 Å². The Morgan fingerprint density at radius 2 is 1.80 bits per heavy atom. The minimum atomic E-state index is -0.350. The number of Topliss-reactive ketones (excluding diaryl/α,β-unsaturated/α-hetero) is 1. The number of nitrogens with zero attached hydrogens (tertiary/aromatic N) is 1. The van der Waals surface area contributed by atoms with Gasteiger partial charge in [-0.15, -0.1) is 0 Å². The van der Waals surface area contributed by atoms with E-state index in [9.17, 15) is 9.18 Å². The highest BCUT2D eigenvalue weighted by molar-refractivity contribution is 6.16. The van der Waals surface area contributed by atoms with Crippen LogP contribution < -0.4 is 9.47 Å². The SMILES string of the molecule is O=C(CC1=NCCc2cc3c(cc21)OCCCO3)c1ccc(F)cc1. The number of ketones is 1. The zero-order chi connectivity index (χ0) is 17.2. The number of benzene rings is 2. The normalized spacial score (nSPS) is 15.8. The Morgan fingerprint density at radius 3 is 2.56 bits per heavy atom. The molecule has 2 aromatic rings. The summed E-state index contributed by atoms with van der Waals surface area (Å²) in [5.41, 5.74) is 3.32. The number of fused-ring (bicyclic) bond motifs is 2. The minimum absolute atomic E-state index is 0.0706. The van der Waals surface area contributed by atoms with E-state index < -0.39 is 0 Å². The van der Waals surface area contributed by atoms with Crippen molar-refractivity contribution >= 4 is 11.5 Å². The first-order chi connectivity index (χ1) is 12.2. The Bertz CT molecular complexity index is 843. The number of aliphatic imine (C=N–C) groups is 1. The molecule has 0 spiro atoms. The third-order valence-electron chi connectivity index (χ3n) is 4.46. The molecule has 4 rings (SSSR count). The lowest BCUT2D eigenvalue weighted by Crippen LogP contribution is -2.17. The summed E-state index contributed by atoms with van der Waals surface area (Å²) in [6, 6.07) is 9.56. The highest BCUT2D eigenvalue weighted by Crippen LogP contribution is 2.35. The molecule has 0 N–H and O–H groups in total. The van der Waals surface area contributed by atoms with Gasteiger partial charge in [0.05, 0.1) is 25.3 Å². The monoisotopic (exact) mass is 339 g/mol. The van der Waals surface area contributed by atoms with Crippen LogP contribution in [0, 0.1) is 5.82 Å². The second-order valence-corrected chi connectivity index (χ2v) is 6.19. The van der Waals surface area contributed by atoms with Crippen LogP contribution in [0.1, 0.15) is 34.3 Å². The van der Waals surface area contributed by atoms with Crippen molar-refractivity contribution < 1.29 is 18.7 Å². The van der Waals surface area contributed by atoms with Crippen molar-refractivity contribution in [2.45, 2.75) is 19.3 Å². The van der Waals surface area contributed by atoms with Gasteiger partial charge in [-0.1, -0.05) is 0 Å². The second kappa shape index (κ2) is 6.67. The highest BCUT2D eigenvalue weighted by atomic mass is 19.1. The van der Waals surface area contributed by atoms with Crippen LogP contribution in [0.4, 0.5) is 4.39 Å². The molecule has 0 amide bonds. The average molecular weight is 339 g/mol. The van der Waals surface area contributed by atoms with Gasteiger partial charge in [-0.25, -0.2) is 4.39 Å². The lowest BCUT2D eigenvalue weighted by Gasteiger charge is -2.19. The first kappa shape index (κ1) is 15.8. The number of halogens is 1. The van der Waals surface area contributed by atoms with Crippen LogP contribution in [0.15, 0.2) is 41.4 Å². The molecule has 0 saturated heterocycles. The summed E-state index contributed by atoms with van der Waals surface area (Å²) in [6.07, 6.45) is 1.86. The molecular formula is C20H18FNO3.